The van der Waals surface area contributed by atoms with Gasteiger partial charge in [0.05, 0.1) is 6.10 Å². The van der Waals surface area contributed by atoms with Crippen molar-refractivity contribution in [3.63, 3.8) is 0 Å². The van der Waals surface area contributed by atoms with Crippen LogP contribution in [0.2, 0.25) is 0 Å². The van der Waals surface area contributed by atoms with Gasteiger partial charge < -0.3 is 25.0 Å². The van der Waals surface area contributed by atoms with Gasteiger partial charge in [-0.05, 0) is 64.0 Å². The summed E-state index contributed by atoms with van der Waals surface area (Å²) in [5.41, 5.74) is 0. The zero-order valence-corrected chi connectivity index (χ0v) is 16.2. The summed E-state index contributed by atoms with van der Waals surface area (Å²) in [4.78, 5) is 27.3. The molecule has 2 aliphatic heterocycles. The SMILES string of the molecule is Cl.O=C(O)CO[C@H]1CC[C@H](N2CCN(CCC3CCNCC3)C2=O)CC1. The minimum absolute atomic E-state index is 0. The van der Waals surface area contributed by atoms with Gasteiger partial charge in [0.15, 0.2) is 0 Å². The molecule has 0 aromatic heterocycles. The van der Waals surface area contributed by atoms with Crippen LogP contribution in [-0.2, 0) is 9.53 Å². The molecule has 0 aromatic carbocycles. The maximum absolute atomic E-state index is 12.7. The van der Waals surface area contributed by atoms with Crippen molar-refractivity contribution in [2.24, 2.45) is 5.92 Å². The first kappa shape index (κ1) is 21.3. The van der Waals surface area contributed by atoms with E-state index in [4.69, 9.17) is 9.84 Å². The first-order valence-corrected chi connectivity index (χ1v) is 9.73. The Balaban J connectivity index is 0.00000243. The highest BCUT2D eigenvalue weighted by atomic mass is 35.5. The molecule has 8 heteroatoms. The number of ether oxygens (including phenoxy) is 1. The van der Waals surface area contributed by atoms with E-state index in [0.717, 1.165) is 70.7 Å². The van der Waals surface area contributed by atoms with Gasteiger partial charge in [0, 0.05) is 25.7 Å². The number of piperidine rings is 1. The van der Waals surface area contributed by atoms with Crippen LogP contribution in [0, 0.1) is 5.92 Å². The van der Waals surface area contributed by atoms with Crippen molar-refractivity contribution in [2.75, 3.05) is 39.3 Å². The van der Waals surface area contributed by atoms with Gasteiger partial charge in [-0.25, -0.2) is 9.59 Å². The molecule has 2 N–H and O–H groups in total. The predicted octanol–water partition coefficient (Wildman–Crippen LogP) is 1.95. The molecule has 0 aromatic rings. The van der Waals surface area contributed by atoms with Crippen molar-refractivity contribution < 1.29 is 19.4 Å². The minimum atomic E-state index is -0.916. The number of hydrogen-bond acceptors (Lipinski definition) is 4. The third kappa shape index (κ3) is 5.72. The van der Waals surface area contributed by atoms with E-state index in [9.17, 15) is 9.59 Å². The fourth-order valence-electron chi connectivity index (χ4n) is 4.37. The summed E-state index contributed by atoms with van der Waals surface area (Å²) in [7, 11) is 0. The Morgan fingerprint density at radius 3 is 2.46 bits per heavy atom. The Bertz CT molecular complexity index is 465. The van der Waals surface area contributed by atoms with Gasteiger partial charge in [-0.3, -0.25) is 0 Å². The van der Waals surface area contributed by atoms with Crippen LogP contribution in [0.3, 0.4) is 0 Å². The van der Waals surface area contributed by atoms with Crippen molar-refractivity contribution in [3.05, 3.63) is 0 Å². The second kappa shape index (κ2) is 10.3. The smallest absolute Gasteiger partial charge is 0.329 e. The number of amides is 2. The normalized spacial score (nSPS) is 27.5. The van der Waals surface area contributed by atoms with E-state index < -0.39 is 5.97 Å². The van der Waals surface area contributed by atoms with Crippen LogP contribution in [0.5, 0.6) is 0 Å². The van der Waals surface area contributed by atoms with E-state index in [0.29, 0.717) is 6.04 Å². The topological polar surface area (TPSA) is 82.1 Å². The van der Waals surface area contributed by atoms with Crippen LogP contribution >= 0.6 is 12.4 Å². The fourth-order valence-corrected chi connectivity index (χ4v) is 4.37. The third-order valence-electron chi connectivity index (χ3n) is 5.92. The van der Waals surface area contributed by atoms with Gasteiger partial charge in [-0.15, -0.1) is 12.4 Å². The lowest BCUT2D eigenvalue weighted by molar-refractivity contribution is -0.145. The highest BCUT2D eigenvalue weighted by molar-refractivity contribution is 5.85. The first-order valence-electron chi connectivity index (χ1n) is 9.73. The average molecular weight is 390 g/mol. The molecular weight excluding hydrogens is 358 g/mol. The van der Waals surface area contributed by atoms with E-state index in [2.05, 4.69) is 5.32 Å². The molecule has 2 saturated heterocycles. The van der Waals surface area contributed by atoms with Crippen LogP contribution in [0.4, 0.5) is 4.79 Å². The molecule has 3 rings (SSSR count). The van der Waals surface area contributed by atoms with Crippen LogP contribution < -0.4 is 5.32 Å². The standard InChI is InChI=1S/C18H31N3O4.ClH/c22-17(23)13-25-16-3-1-15(2-4-16)21-12-11-20(18(21)24)10-7-14-5-8-19-9-6-14;/h14-16,19H,1-13H2,(H,22,23);1H/t15-,16-;. The Labute approximate surface area is 161 Å². The lowest BCUT2D eigenvalue weighted by Crippen LogP contribution is -2.42. The van der Waals surface area contributed by atoms with Gasteiger partial charge in [0.1, 0.15) is 6.61 Å². The third-order valence-corrected chi connectivity index (χ3v) is 5.92. The number of carbonyl (C=O) groups is 2. The van der Waals surface area contributed by atoms with Crippen molar-refractivity contribution in [1.29, 1.82) is 0 Å². The molecule has 1 aliphatic carbocycles. The molecule has 150 valence electrons. The van der Waals surface area contributed by atoms with E-state index in [1.807, 2.05) is 9.80 Å². The number of rotatable bonds is 7. The van der Waals surface area contributed by atoms with E-state index in [1.165, 1.54) is 12.8 Å². The molecule has 1 saturated carbocycles. The molecule has 0 bridgehead atoms. The number of aliphatic carboxylic acids is 1. The molecule has 26 heavy (non-hydrogen) atoms. The van der Waals surface area contributed by atoms with Gasteiger partial charge in [0.25, 0.3) is 0 Å². The van der Waals surface area contributed by atoms with Gasteiger partial charge in [-0.2, -0.15) is 0 Å². The molecular formula is C18H32ClN3O4. The van der Waals surface area contributed by atoms with Gasteiger partial charge in [0.2, 0.25) is 0 Å². The number of carboxylic acids is 1. The van der Waals surface area contributed by atoms with E-state index in [-0.39, 0.29) is 31.1 Å². The number of carbonyl (C=O) groups excluding carboxylic acids is 1. The Morgan fingerprint density at radius 2 is 1.81 bits per heavy atom. The quantitative estimate of drug-likeness (QED) is 0.695. The largest absolute Gasteiger partial charge is 0.480 e. The summed E-state index contributed by atoms with van der Waals surface area (Å²) in [5.74, 6) is -0.161. The number of nitrogens with zero attached hydrogens (tertiary/aromatic N) is 2. The molecule has 0 atom stereocenters. The van der Waals surface area contributed by atoms with E-state index in [1.54, 1.807) is 0 Å². The zero-order valence-electron chi connectivity index (χ0n) is 15.4. The lowest BCUT2D eigenvalue weighted by atomic mass is 9.92. The van der Waals surface area contributed by atoms with Crippen molar-refractivity contribution in [1.82, 2.24) is 15.1 Å². The minimum Gasteiger partial charge on any atom is -0.480 e. The summed E-state index contributed by atoms with van der Waals surface area (Å²) >= 11 is 0. The molecule has 2 heterocycles. The molecule has 3 fully saturated rings. The Kier molecular flexibility index (Phi) is 8.44. The number of carboxylic acid groups (broad SMARTS) is 1. The second-order valence-corrected chi connectivity index (χ2v) is 7.58. The lowest BCUT2D eigenvalue weighted by Gasteiger charge is -2.34. The molecule has 2 amide bonds. The molecule has 7 nitrogen and oxygen atoms in total. The van der Waals surface area contributed by atoms with E-state index >= 15 is 0 Å². The van der Waals surface area contributed by atoms with Gasteiger partial charge >= 0.3 is 12.0 Å². The monoisotopic (exact) mass is 389 g/mol. The number of nitrogens with one attached hydrogen (secondary N) is 1. The highest BCUT2D eigenvalue weighted by Gasteiger charge is 2.35. The van der Waals surface area contributed by atoms with Crippen molar-refractivity contribution in [3.8, 4) is 0 Å². The molecule has 3 aliphatic rings. The Morgan fingerprint density at radius 1 is 1.12 bits per heavy atom. The number of urea groups is 1. The van der Waals surface area contributed by atoms with Crippen molar-refractivity contribution in [2.45, 2.75) is 57.1 Å². The second-order valence-electron chi connectivity index (χ2n) is 7.58. The van der Waals surface area contributed by atoms with Crippen molar-refractivity contribution >= 4 is 24.4 Å². The fraction of sp³-hybridized carbons (Fsp3) is 0.889. The summed E-state index contributed by atoms with van der Waals surface area (Å²) in [6, 6.07) is 0.491. The maximum Gasteiger partial charge on any atom is 0.329 e. The summed E-state index contributed by atoms with van der Waals surface area (Å²) < 4.78 is 5.39. The molecule has 0 unspecified atom stereocenters. The van der Waals surface area contributed by atoms with Crippen LogP contribution in [0.1, 0.15) is 44.9 Å². The first-order chi connectivity index (χ1) is 12.1. The average Bonchev–Trinajstić information content (AvgIpc) is 3.00. The van der Waals surface area contributed by atoms with Crippen LogP contribution in [-0.4, -0.2) is 78.4 Å². The highest BCUT2D eigenvalue weighted by Crippen LogP contribution is 2.28. The van der Waals surface area contributed by atoms with Crippen LogP contribution in [0.25, 0.3) is 0 Å². The summed E-state index contributed by atoms with van der Waals surface area (Å²) in [6.45, 7) is 4.56. The Hall–Kier alpha value is -1.05. The summed E-state index contributed by atoms with van der Waals surface area (Å²) in [6.07, 6.45) is 7.13. The summed E-state index contributed by atoms with van der Waals surface area (Å²) in [5, 5.41) is 12.1. The maximum atomic E-state index is 12.7. The number of hydrogen-bond donors (Lipinski definition) is 2. The predicted molar refractivity (Wildman–Crippen MR) is 101 cm³/mol. The van der Waals surface area contributed by atoms with Gasteiger partial charge in [-0.1, -0.05) is 0 Å². The molecule has 0 spiro atoms. The molecule has 0 radical (unpaired) electrons. The zero-order chi connectivity index (χ0) is 17.6. The number of halogens is 1. The van der Waals surface area contributed by atoms with Crippen LogP contribution in [0.15, 0.2) is 0 Å².